The van der Waals surface area contributed by atoms with Crippen molar-refractivity contribution < 1.29 is 9.84 Å². The summed E-state index contributed by atoms with van der Waals surface area (Å²) in [5, 5.41) is 10.4. The SMILES string of the molecule is CC(C)[C@H]1CC[C@@H](C)C[C@H]1OC[C@H](O)Cn1cnc2ccccc21. The maximum absolute atomic E-state index is 10.4. The minimum atomic E-state index is -0.507. The van der Waals surface area contributed by atoms with Crippen LogP contribution in [0.4, 0.5) is 0 Å². The molecule has 1 saturated carbocycles. The molecule has 132 valence electrons. The summed E-state index contributed by atoms with van der Waals surface area (Å²) in [6, 6.07) is 8.01. The Bertz CT molecular complexity index is 652. The molecule has 24 heavy (non-hydrogen) atoms. The van der Waals surface area contributed by atoms with Crippen LogP contribution in [0.5, 0.6) is 0 Å². The Kier molecular flexibility index (Phi) is 5.57. The molecule has 0 saturated heterocycles. The fraction of sp³-hybridized carbons (Fsp3) is 0.650. The molecule has 0 spiro atoms. The van der Waals surface area contributed by atoms with Crippen LogP contribution in [0.2, 0.25) is 0 Å². The summed E-state index contributed by atoms with van der Waals surface area (Å²) in [5.74, 6) is 1.97. The van der Waals surface area contributed by atoms with Crippen LogP contribution < -0.4 is 0 Å². The quantitative estimate of drug-likeness (QED) is 0.874. The molecule has 0 unspecified atom stereocenters. The first-order valence-electron chi connectivity index (χ1n) is 9.24. The molecule has 1 aromatic carbocycles. The molecule has 3 rings (SSSR count). The number of aliphatic hydroxyl groups excluding tert-OH is 1. The van der Waals surface area contributed by atoms with Crippen molar-refractivity contribution in [2.75, 3.05) is 6.61 Å². The van der Waals surface area contributed by atoms with Gasteiger partial charge < -0.3 is 14.4 Å². The van der Waals surface area contributed by atoms with Gasteiger partial charge in [-0.15, -0.1) is 0 Å². The van der Waals surface area contributed by atoms with E-state index in [0.29, 0.717) is 25.0 Å². The largest absolute Gasteiger partial charge is 0.389 e. The minimum absolute atomic E-state index is 0.280. The Hall–Kier alpha value is -1.39. The average Bonchev–Trinajstić information content (AvgIpc) is 2.96. The highest BCUT2D eigenvalue weighted by Crippen LogP contribution is 2.35. The van der Waals surface area contributed by atoms with Crippen molar-refractivity contribution in [3.05, 3.63) is 30.6 Å². The number of nitrogens with zero attached hydrogens (tertiary/aromatic N) is 2. The van der Waals surface area contributed by atoms with Crippen LogP contribution in [-0.4, -0.2) is 33.5 Å². The van der Waals surface area contributed by atoms with Crippen LogP contribution in [0.15, 0.2) is 30.6 Å². The fourth-order valence-electron chi connectivity index (χ4n) is 3.98. The van der Waals surface area contributed by atoms with E-state index < -0.39 is 6.10 Å². The summed E-state index contributed by atoms with van der Waals surface area (Å²) in [6.45, 7) is 7.79. The Morgan fingerprint density at radius 3 is 2.88 bits per heavy atom. The van der Waals surface area contributed by atoms with Crippen molar-refractivity contribution in [3.63, 3.8) is 0 Å². The van der Waals surface area contributed by atoms with Gasteiger partial charge in [-0.1, -0.05) is 39.3 Å². The number of aromatic nitrogens is 2. The number of hydrogen-bond acceptors (Lipinski definition) is 3. The van der Waals surface area contributed by atoms with Gasteiger partial charge in [-0.05, 0) is 42.7 Å². The monoisotopic (exact) mass is 330 g/mol. The lowest BCUT2D eigenvalue weighted by molar-refractivity contribution is -0.0714. The van der Waals surface area contributed by atoms with Crippen LogP contribution in [-0.2, 0) is 11.3 Å². The summed E-state index contributed by atoms with van der Waals surface area (Å²) in [7, 11) is 0. The second-order valence-electron chi connectivity index (χ2n) is 7.74. The highest BCUT2D eigenvalue weighted by Gasteiger charge is 2.31. The lowest BCUT2D eigenvalue weighted by Gasteiger charge is -2.37. The van der Waals surface area contributed by atoms with Gasteiger partial charge in [0.2, 0.25) is 0 Å². The second-order valence-corrected chi connectivity index (χ2v) is 7.74. The molecule has 0 amide bonds. The van der Waals surface area contributed by atoms with Crippen molar-refractivity contribution in [2.24, 2.45) is 17.8 Å². The summed E-state index contributed by atoms with van der Waals surface area (Å²) >= 11 is 0. The van der Waals surface area contributed by atoms with Crippen molar-refractivity contribution >= 4 is 11.0 Å². The number of benzene rings is 1. The highest BCUT2D eigenvalue weighted by atomic mass is 16.5. The van der Waals surface area contributed by atoms with Crippen LogP contribution in [0.1, 0.15) is 40.0 Å². The third-order valence-electron chi connectivity index (χ3n) is 5.40. The molecule has 1 fully saturated rings. The summed E-state index contributed by atoms with van der Waals surface area (Å²) in [4.78, 5) is 4.38. The fourth-order valence-corrected chi connectivity index (χ4v) is 3.98. The summed E-state index contributed by atoms with van der Waals surface area (Å²) < 4.78 is 8.17. The first-order chi connectivity index (χ1) is 11.5. The topological polar surface area (TPSA) is 47.3 Å². The van der Waals surface area contributed by atoms with E-state index in [0.717, 1.165) is 23.4 Å². The smallest absolute Gasteiger partial charge is 0.0959 e. The third-order valence-corrected chi connectivity index (χ3v) is 5.40. The van der Waals surface area contributed by atoms with Crippen LogP contribution in [0.25, 0.3) is 11.0 Å². The predicted molar refractivity (Wildman–Crippen MR) is 96.8 cm³/mol. The van der Waals surface area contributed by atoms with Gasteiger partial charge in [-0.25, -0.2) is 4.98 Å². The number of ether oxygens (including phenoxy) is 1. The number of fused-ring (bicyclic) bond motifs is 1. The van der Waals surface area contributed by atoms with Crippen molar-refractivity contribution in [3.8, 4) is 0 Å². The molecule has 4 heteroatoms. The molecule has 1 heterocycles. The van der Waals surface area contributed by atoms with Gasteiger partial charge in [0.25, 0.3) is 0 Å². The van der Waals surface area contributed by atoms with Gasteiger partial charge in [0.1, 0.15) is 0 Å². The van der Waals surface area contributed by atoms with Gasteiger partial charge in [0.05, 0.1) is 42.7 Å². The molecule has 0 aliphatic heterocycles. The molecule has 1 N–H and O–H groups in total. The van der Waals surface area contributed by atoms with E-state index in [2.05, 4.69) is 25.8 Å². The van der Waals surface area contributed by atoms with Crippen molar-refractivity contribution in [1.82, 2.24) is 9.55 Å². The Morgan fingerprint density at radius 2 is 2.08 bits per heavy atom. The number of hydrogen-bond donors (Lipinski definition) is 1. The Morgan fingerprint density at radius 1 is 1.29 bits per heavy atom. The minimum Gasteiger partial charge on any atom is -0.389 e. The molecule has 2 aromatic rings. The van der Waals surface area contributed by atoms with E-state index in [1.165, 1.54) is 12.8 Å². The molecule has 4 atom stereocenters. The van der Waals surface area contributed by atoms with Crippen LogP contribution in [0, 0.1) is 17.8 Å². The van der Waals surface area contributed by atoms with Gasteiger partial charge in [-0.3, -0.25) is 0 Å². The van der Waals surface area contributed by atoms with Crippen LogP contribution >= 0.6 is 0 Å². The van der Waals surface area contributed by atoms with Gasteiger partial charge in [-0.2, -0.15) is 0 Å². The number of imidazole rings is 1. The van der Waals surface area contributed by atoms with E-state index in [1.54, 1.807) is 6.33 Å². The molecule has 1 aromatic heterocycles. The number of rotatable bonds is 6. The number of para-hydroxylation sites is 2. The lowest BCUT2D eigenvalue weighted by atomic mass is 9.75. The zero-order valence-corrected chi connectivity index (χ0v) is 15.1. The molecular weight excluding hydrogens is 300 g/mol. The third kappa shape index (κ3) is 3.98. The molecule has 4 nitrogen and oxygen atoms in total. The second kappa shape index (κ2) is 7.66. The standard InChI is InChI=1S/C20H30N2O2/c1-14(2)17-9-8-15(3)10-20(17)24-12-16(23)11-22-13-21-18-6-4-5-7-19(18)22/h4-7,13-17,20,23H,8-12H2,1-3H3/t15-,16-,17-,20-/m1/s1. The molecule has 0 radical (unpaired) electrons. The molecule has 1 aliphatic carbocycles. The molecule has 1 aliphatic rings. The Balaban J connectivity index is 1.57. The lowest BCUT2D eigenvalue weighted by Crippen LogP contribution is -2.36. The predicted octanol–water partition coefficient (Wildman–Crippen LogP) is 3.87. The number of aliphatic hydroxyl groups is 1. The van der Waals surface area contributed by atoms with Gasteiger partial charge >= 0.3 is 0 Å². The van der Waals surface area contributed by atoms with E-state index >= 15 is 0 Å². The van der Waals surface area contributed by atoms with E-state index in [1.807, 2.05) is 28.8 Å². The normalized spacial score (nSPS) is 26.1. The highest BCUT2D eigenvalue weighted by molar-refractivity contribution is 5.74. The van der Waals surface area contributed by atoms with Crippen molar-refractivity contribution in [2.45, 2.75) is 58.8 Å². The molecule has 0 bridgehead atoms. The molecular formula is C20H30N2O2. The van der Waals surface area contributed by atoms with Gasteiger partial charge in [0, 0.05) is 0 Å². The first-order valence-corrected chi connectivity index (χ1v) is 9.24. The maximum atomic E-state index is 10.4. The summed E-state index contributed by atoms with van der Waals surface area (Å²) in [5.41, 5.74) is 2.02. The van der Waals surface area contributed by atoms with E-state index in [9.17, 15) is 5.11 Å². The zero-order chi connectivity index (χ0) is 17.1. The van der Waals surface area contributed by atoms with Crippen molar-refractivity contribution in [1.29, 1.82) is 0 Å². The maximum Gasteiger partial charge on any atom is 0.0959 e. The van der Waals surface area contributed by atoms with E-state index in [-0.39, 0.29) is 6.10 Å². The summed E-state index contributed by atoms with van der Waals surface area (Å²) in [6.07, 6.45) is 5.23. The van der Waals surface area contributed by atoms with E-state index in [4.69, 9.17) is 4.74 Å². The van der Waals surface area contributed by atoms with Gasteiger partial charge in [0.15, 0.2) is 0 Å². The zero-order valence-electron chi connectivity index (χ0n) is 15.1. The first kappa shape index (κ1) is 17.4. The van der Waals surface area contributed by atoms with Crippen LogP contribution in [0.3, 0.4) is 0 Å². The Labute approximate surface area is 144 Å². The average molecular weight is 330 g/mol.